The Morgan fingerprint density at radius 3 is 2.83 bits per heavy atom. The first kappa shape index (κ1) is 16.7. The Hall–Kier alpha value is -2.14. The maximum Gasteiger partial charge on any atom is 0.339 e. The predicted octanol–water partition coefficient (Wildman–Crippen LogP) is 3.98. The molecule has 1 aliphatic carbocycles. The van der Waals surface area contributed by atoms with Gasteiger partial charge in [-0.3, -0.25) is 4.79 Å². The number of nitrogens with one attached hydrogen (secondary N) is 1. The highest BCUT2D eigenvalue weighted by atomic mass is 32.1. The fourth-order valence-electron chi connectivity index (χ4n) is 3.01. The summed E-state index contributed by atoms with van der Waals surface area (Å²) in [7, 11) is 0. The Kier molecular flexibility index (Phi) is 5.30. The molecule has 2 aromatic rings. The van der Waals surface area contributed by atoms with Gasteiger partial charge in [0, 0.05) is 15.9 Å². The molecule has 0 aliphatic heterocycles. The molecule has 126 valence electrons. The van der Waals surface area contributed by atoms with Crippen LogP contribution in [0.2, 0.25) is 0 Å². The zero-order chi connectivity index (χ0) is 16.9. The third kappa shape index (κ3) is 3.67. The van der Waals surface area contributed by atoms with Crippen molar-refractivity contribution in [3.63, 3.8) is 0 Å². The Balaban J connectivity index is 1.58. The number of thiophene rings is 1. The lowest BCUT2D eigenvalue weighted by Gasteiger charge is -2.13. The van der Waals surface area contributed by atoms with Crippen LogP contribution in [0.3, 0.4) is 0 Å². The molecule has 0 atom stereocenters. The average Bonchev–Trinajstić information content (AvgIpc) is 3.04. The van der Waals surface area contributed by atoms with Crippen LogP contribution in [0.4, 0.5) is 5.69 Å². The molecule has 1 N–H and O–H groups in total. The van der Waals surface area contributed by atoms with Crippen molar-refractivity contribution in [3.8, 4) is 0 Å². The molecule has 4 nitrogen and oxygen atoms in total. The number of benzene rings is 1. The van der Waals surface area contributed by atoms with E-state index in [0.717, 1.165) is 42.5 Å². The van der Waals surface area contributed by atoms with Crippen LogP contribution in [0.5, 0.6) is 0 Å². The van der Waals surface area contributed by atoms with Crippen molar-refractivity contribution >= 4 is 28.9 Å². The number of anilines is 1. The van der Waals surface area contributed by atoms with E-state index < -0.39 is 5.97 Å². The summed E-state index contributed by atoms with van der Waals surface area (Å²) < 4.78 is 5.22. The Morgan fingerprint density at radius 1 is 1.21 bits per heavy atom. The van der Waals surface area contributed by atoms with E-state index in [0.29, 0.717) is 5.56 Å². The molecule has 0 saturated heterocycles. The minimum atomic E-state index is -0.395. The van der Waals surface area contributed by atoms with Gasteiger partial charge in [-0.2, -0.15) is 0 Å². The van der Waals surface area contributed by atoms with E-state index in [4.69, 9.17) is 4.74 Å². The topological polar surface area (TPSA) is 55.4 Å². The lowest BCUT2D eigenvalue weighted by molar-refractivity contribution is -0.119. The number of carbonyl (C=O) groups is 2. The number of esters is 1. The van der Waals surface area contributed by atoms with Crippen LogP contribution in [0.15, 0.2) is 29.6 Å². The molecular weight excluding hydrogens is 322 g/mol. The molecule has 1 amide bonds. The van der Waals surface area contributed by atoms with E-state index in [1.54, 1.807) is 11.3 Å². The molecule has 1 aromatic heterocycles. The maximum absolute atomic E-state index is 12.3. The van der Waals surface area contributed by atoms with Crippen LogP contribution in [0, 0.1) is 0 Å². The molecule has 1 aromatic carbocycles. The average molecular weight is 343 g/mol. The number of para-hydroxylation sites is 1. The number of carbonyl (C=O) groups excluding carboxylic acids is 2. The lowest BCUT2D eigenvalue weighted by Crippen LogP contribution is -2.22. The first-order valence-electron chi connectivity index (χ1n) is 8.33. The highest BCUT2D eigenvalue weighted by Gasteiger charge is 2.21. The van der Waals surface area contributed by atoms with Crippen molar-refractivity contribution in [3.05, 3.63) is 51.2 Å². The van der Waals surface area contributed by atoms with Crippen molar-refractivity contribution in [2.24, 2.45) is 0 Å². The SMILES string of the molecule is CCc1ccccc1NC(=O)COC(=O)c1csc2c1CCCC2. The third-order valence-corrected chi connectivity index (χ3v) is 5.38. The largest absolute Gasteiger partial charge is 0.452 e. The zero-order valence-electron chi connectivity index (χ0n) is 13.8. The van der Waals surface area contributed by atoms with Crippen LogP contribution in [-0.4, -0.2) is 18.5 Å². The van der Waals surface area contributed by atoms with E-state index >= 15 is 0 Å². The first-order chi connectivity index (χ1) is 11.7. The van der Waals surface area contributed by atoms with Gasteiger partial charge in [-0.15, -0.1) is 11.3 Å². The second-order valence-corrected chi connectivity index (χ2v) is 6.86. The molecule has 0 saturated carbocycles. The molecular formula is C19H21NO3S. The minimum absolute atomic E-state index is 0.262. The van der Waals surface area contributed by atoms with Gasteiger partial charge in [0.1, 0.15) is 0 Å². The molecule has 0 spiro atoms. The monoisotopic (exact) mass is 343 g/mol. The number of rotatable bonds is 5. The highest BCUT2D eigenvalue weighted by molar-refractivity contribution is 7.10. The van der Waals surface area contributed by atoms with Gasteiger partial charge in [-0.05, 0) is 49.3 Å². The summed E-state index contributed by atoms with van der Waals surface area (Å²) >= 11 is 1.62. The molecule has 0 bridgehead atoms. The number of amides is 1. The summed E-state index contributed by atoms with van der Waals surface area (Å²) in [5, 5.41) is 4.67. The van der Waals surface area contributed by atoms with Crippen molar-refractivity contribution in [1.29, 1.82) is 0 Å². The van der Waals surface area contributed by atoms with Gasteiger partial charge in [-0.25, -0.2) is 4.79 Å². The van der Waals surface area contributed by atoms with Gasteiger partial charge in [0.05, 0.1) is 5.56 Å². The Labute approximate surface area is 145 Å². The fourth-order valence-corrected chi connectivity index (χ4v) is 4.13. The van der Waals surface area contributed by atoms with Gasteiger partial charge in [0.2, 0.25) is 0 Å². The second-order valence-electron chi connectivity index (χ2n) is 5.89. The number of ether oxygens (including phenoxy) is 1. The van der Waals surface area contributed by atoms with Crippen LogP contribution >= 0.6 is 11.3 Å². The van der Waals surface area contributed by atoms with E-state index in [9.17, 15) is 9.59 Å². The quantitative estimate of drug-likeness (QED) is 0.835. The van der Waals surface area contributed by atoms with Crippen molar-refractivity contribution in [2.45, 2.75) is 39.0 Å². The fraction of sp³-hybridized carbons (Fsp3) is 0.368. The predicted molar refractivity (Wildman–Crippen MR) is 95.7 cm³/mol. The van der Waals surface area contributed by atoms with Crippen molar-refractivity contribution in [1.82, 2.24) is 0 Å². The summed E-state index contributed by atoms with van der Waals surface area (Å²) in [6, 6.07) is 7.64. The molecule has 1 heterocycles. The Morgan fingerprint density at radius 2 is 2.00 bits per heavy atom. The molecule has 5 heteroatoms. The van der Waals surface area contributed by atoms with Crippen LogP contribution in [-0.2, 0) is 28.8 Å². The molecule has 0 radical (unpaired) electrons. The lowest BCUT2D eigenvalue weighted by atomic mass is 9.96. The number of hydrogen-bond donors (Lipinski definition) is 1. The molecule has 0 fully saturated rings. The van der Waals surface area contributed by atoms with Crippen molar-refractivity contribution in [2.75, 3.05) is 11.9 Å². The third-order valence-electron chi connectivity index (χ3n) is 4.29. The number of fused-ring (bicyclic) bond motifs is 1. The summed E-state index contributed by atoms with van der Waals surface area (Å²) in [6.45, 7) is 1.77. The standard InChI is InChI=1S/C19H21NO3S/c1-2-13-7-3-5-9-16(13)20-18(21)11-23-19(22)15-12-24-17-10-6-4-8-14(15)17/h3,5,7,9,12H,2,4,6,8,10-11H2,1H3,(H,20,21). The maximum atomic E-state index is 12.3. The first-order valence-corrected chi connectivity index (χ1v) is 9.21. The van der Waals surface area contributed by atoms with Gasteiger partial charge in [0.25, 0.3) is 5.91 Å². The Bertz CT molecular complexity index is 751. The summed E-state index contributed by atoms with van der Waals surface area (Å²) in [6.07, 6.45) is 5.09. The number of aryl methyl sites for hydroxylation is 2. The number of hydrogen-bond acceptors (Lipinski definition) is 4. The molecule has 0 unspecified atom stereocenters. The van der Waals surface area contributed by atoms with Crippen LogP contribution < -0.4 is 5.32 Å². The minimum Gasteiger partial charge on any atom is -0.452 e. The zero-order valence-corrected chi connectivity index (χ0v) is 14.6. The van der Waals surface area contributed by atoms with Gasteiger partial charge < -0.3 is 10.1 Å². The van der Waals surface area contributed by atoms with Crippen LogP contribution in [0.25, 0.3) is 0 Å². The molecule has 1 aliphatic rings. The highest BCUT2D eigenvalue weighted by Crippen LogP contribution is 2.30. The second kappa shape index (κ2) is 7.62. The summed E-state index contributed by atoms with van der Waals surface area (Å²) in [5.41, 5.74) is 3.59. The smallest absolute Gasteiger partial charge is 0.339 e. The molecule has 3 rings (SSSR count). The normalized spacial score (nSPS) is 13.2. The van der Waals surface area contributed by atoms with E-state index in [1.807, 2.05) is 36.6 Å². The summed E-state index contributed by atoms with van der Waals surface area (Å²) in [4.78, 5) is 25.6. The molecule has 24 heavy (non-hydrogen) atoms. The van der Waals surface area contributed by atoms with Crippen LogP contribution in [0.1, 0.15) is 46.1 Å². The van der Waals surface area contributed by atoms with Gasteiger partial charge in [-0.1, -0.05) is 25.1 Å². The van der Waals surface area contributed by atoms with Crippen molar-refractivity contribution < 1.29 is 14.3 Å². The summed E-state index contributed by atoms with van der Waals surface area (Å²) in [5.74, 6) is -0.707. The van der Waals surface area contributed by atoms with E-state index in [-0.39, 0.29) is 12.5 Å². The van der Waals surface area contributed by atoms with E-state index in [1.165, 1.54) is 11.3 Å². The van der Waals surface area contributed by atoms with Gasteiger partial charge in [0.15, 0.2) is 6.61 Å². The van der Waals surface area contributed by atoms with E-state index in [2.05, 4.69) is 5.32 Å². The van der Waals surface area contributed by atoms with Gasteiger partial charge >= 0.3 is 5.97 Å².